The molecule has 3 amide bonds. The second-order valence-corrected chi connectivity index (χ2v) is 6.10. The van der Waals surface area contributed by atoms with Crippen LogP contribution in [0.5, 0.6) is 0 Å². The number of halogens is 1. The molecule has 0 N–H and O–H groups in total. The second-order valence-electron chi connectivity index (χ2n) is 6.10. The van der Waals surface area contributed by atoms with Gasteiger partial charge in [0, 0.05) is 34.1 Å². The Kier molecular flexibility index (Phi) is 5.54. The fourth-order valence-corrected chi connectivity index (χ4v) is 2.76. The Morgan fingerprint density at radius 1 is 1.17 bits per heavy atom. The van der Waals surface area contributed by atoms with Crippen LogP contribution in [-0.4, -0.2) is 72.2 Å². The first-order chi connectivity index (χ1) is 11.3. The van der Waals surface area contributed by atoms with Crippen molar-refractivity contribution in [2.24, 2.45) is 0 Å². The highest BCUT2D eigenvalue weighted by atomic mass is 19.1. The maximum absolute atomic E-state index is 13.0. The molecule has 1 aromatic rings. The number of benzene rings is 1. The summed E-state index contributed by atoms with van der Waals surface area (Å²) in [6.45, 7) is 2.36. The molecule has 2 rings (SSSR count). The van der Waals surface area contributed by atoms with Crippen molar-refractivity contribution in [1.82, 2.24) is 14.7 Å². The van der Waals surface area contributed by atoms with Gasteiger partial charge in [-0.15, -0.1) is 0 Å². The van der Waals surface area contributed by atoms with Gasteiger partial charge in [-0.2, -0.15) is 0 Å². The maximum atomic E-state index is 13.0. The Morgan fingerprint density at radius 2 is 1.79 bits per heavy atom. The van der Waals surface area contributed by atoms with Crippen LogP contribution >= 0.6 is 0 Å². The summed E-state index contributed by atoms with van der Waals surface area (Å²) in [5, 5.41) is 0. The van der Waals surface area contributed by atoms with Crippen LogP contribution in [0.4, 0.5) is 4.39 Å². The number of rotatable bonds is 3. The van der Waals surface area contributed by atoms with Gasteiger partial charge in [0.2, 0.25) is 17.7 Å². The number of piperazine rings is 1. The molecule has 24 heavy (non-hydrogen) atoms. The predicted molar refractivity (Wildman–Crippen MR) is 86.6 cm³/mol. The summed E-state index contributed by atoms with van der Waals surface area (Å²) in [7, 11) is 3.25. The number of likely N-dealkylation sites (N-methyl/N-ethyl adjacent to an activating group) is 1. The van der Waals surface area contributed by atoms with Crippen LogP contribution in [0, 0.1) is 5.82 Å². The second kappa shape index (κ2) is 7.42. The van der Waals surface area contributed by atoms with Crippen LogP contribution in [0.3, 0.4) is 0 Å². The van der Waals surface area contributed by atoms with Crippen molar-refractivity contribution in [2.75, 3.05) is 33.7 Å². The van der Waals surface area contributed by atoms with E-state index in [9.17, 15) is 18.8 Å². The summed E-state index contributed by atoms with van der Waals surface area (Å²) in [4.78, 5) is 41.2. The van der Waals surface area contributed by atoms with Crippen LogP contribution in [0.25, 0.3) is 0 Å². The highest BCUT2D eigenvalue weighted by Crippen LogP contribution is 2.15. The molecule has 0 aliphatic carbocycles. The molecule has 1 aliphatic heterocycles. The first-order valence-corrected chi connectivity index (χ1v) is 7.80. The van der Waals surface area contributed by atoms with Crippen molar-refractivity contribution in [3.8, 4) is 0 Å². The van der Waals surface area contributed by atoms with E-state index in [4.69, 9.17) is 0 Å². The molecule has 0 spiro atoms. The monoisotopic (exact) mass is 335 g/mol. The van der Waals surface area contributed by atoms with Crippen molar-refractivity contribution in [2.45, 2.75) is 19.4 Å². The van der Waals surface area contributed by atoms with Crippen molar-refractivity contribution in [3.63, 3.8) is 0 Å². The first kappa shape index (κ1) is 17.9. The van der Waals surface area contributed by atoms with Crippen LogP contribution in [0.1, 0.15) is 12.5 Å². The Bertz CT molecular complexity index is 630. The normalized spacial score (nSPS) is 17.6. The average molecular weight is 335 g/mol. The van der Waals surface area contributed by atoms with Gasteiger partial charge in [-0.05, 0) is 17.7 Å². The van der Waals surface area contributed by atoms with Crippen molar-refractivity contribution in [3.05, 3.63) is 35.6 Å². The molecule has 1 atom stereocenters. The van der Waals surface area contributed by atoms with E-state index in [0.717, 1.165) is 0 Å². The van der Waals surface area contributed by atoms with Gasteiger partial charge in [0.15, 0.2) is 0 Å². The molecule has 0 unspecified atom stereocenters. The topological polar surface area (TPSA) is 60.9 Å². The van der Waals surface area contributed by atoms with E-state index >= 15 is 0 Å². The summed E-state index contributed by atoms with van der Waals surface area (Å²) in [5.41, 5.74) is 0.687. The largest absolute Gasteiger partial charge is 0.347 e. The van der Waals surface area contributed by atoms with Gasteiger partial charge in [0.05, 0.1) is 13.0 Å². The van der Waals surface area contributed by atoms with E-state index in [1.54, 1.807) is 31.1 Å². The quantitative estimate of drug-likeness (QED) is 0.809. The summed E-state index contributed by atoms with van der Waals surface area (Å²) < 4.78 is 13.0. The zero-order valence-corrected chi connectivity index (χ0v) is 14.2. The summed E-state index contributed by atoms with van der Waals surface area (Å²) in [5.74, 6) is -0.891. The van der Waals surface area contributed by atoms with E-state index in [-0.39, 0.29) is 36.5 Å². The molecule has 7 heteroatoms. The van der Waals surface area contributed by atoms with Crippen molar-refractivity contribution in [1.29, 1.82) is 0 Å². The fraction of sp³-hybridized carbons (Fsp3) is 0.471. The lowest BCUT2D eigenvalue weighted by atomic mass is 10.1. The molecule has 1 aromatic carbocycles. The van der Waals surface area contributed by atoms with Gasteiger partial charge in [0.1, 0.15) is 11.9 Å². The summed E-state index contributed by atoms with van der Waals surface area (Å²) >= 11 is 0. The summed E-state index contributed by atoms with van der Waals surface area (Å²) in [6, 6.07) is 5.03. The van der Waals surface area contributed by atoms with E-state index < -0.39 is 6.04 Å². The number of carbonyl (C=O) groups is 3. The van der Waals surface area contributed by atoms with Crippen LogP contribution in [0.2, 0.25) is 0 Å². The SMILES string of the molecule is CC(=O)N1CCN(C(=O)Cc2ccc(F)cc2)[C@H](C(=O)N(C)C)C1. The summed E-state index contributed by atoms with van der Waals surface area (Å²) in [6.07, 6.45) is 0.0948. The molecule has 1 heterocycles. The lowest BCUT2D eigenvalue weighted by Gasteiger charge is -2.41. The lowest BCUT2D eigenvalue weighted by Crippen LogP contribution is -2.61. The third-order valence-electron chi connectivity index (χ3n) is 4.14. The molecule has 6 nitrogen and oxygen atoms in total. The molecule has 0 saturated carbocycles. The van der Waals surface area contributed by atoms with Gasteiger partial charge in [-0.1, -0.05) is 12.1 Å². The number of amides is 3. The van der Waals surface area contributed by atoms with E-state index in [0.29, 0.717) is 18.7 Å². The molecule has 0 bridgehead atoms. The fourth-order valence-electron chi connectivity index (χ4n) is 2.76. The molecular formula is C17H22FN3O3. The van der Waals surface area contributed by atoms with Crippen molar-refractivity contribution >= 4 is 17.7 Å². The Morgan fingerprint density at radius 3 is 2.33 bits per heavy atom. The van der Waals surface area contributed by atoms with Crippen LogP contribution < -0.4 is 0 Å². The van der Waals surface area contributed by atoms with Gasteiger partial charge in [-0.3, -0.25) is 14.4 Å². The Balaban J connectivity index is 2.15. The van der Waals surface area contributed by atoms with E-state index in [1.807, 2.05) is 0 Å². The number of hydrogen-bond donors (Lipinski definition) is 0. The number of nitrogens with zero attached hydrogens (tertiary/aromatic N) is 3. The smallest absolute Gasteiger partial charge is 0.246 e. The van der Waals surface area contributed by atoms with Gasteiger partial charge < -0.3 is 14.7 Å². The molecule has 0 radical (unpaired) electrons. The van der Waals surface area contributed by atoms with Gasteiger partial charge in [0.25, 0.3) is 0 Å². The molecule has 1 saturated heterocycles. The predicted octanol–water partition coefficient (Wildman–Crippen LogP) is 0.516. The minimum atomic E-state index is -0.689. The van der Waals surface area contributed by atoms with E-state index in [2.05, 4.69) is 0 Å². The minimum absolute atomic E-state index is 0.0948. The zero-order chi connectivity index (χ0) is 17.9. The van der Waals surface area contributed by atoms with Crippen molar-refractivity contribution < 1.29 is 18.8 Å². The molecule has 0 aromatic heterocycles. The number of hydrogen-bond acceptors (Lipinski definition) is 3. The Labute approximate surface area is 140 Å². The Hall–Kier alpha value is -2.44. The van der Waals surface area contributed by atoms with Gasteiger partial charge >= 0.3 is 0 Å². The molecule has 1 aliphatic rings. The average Bonchev–Trinajstić information content (AvgIpc) is 2.55. The standard InChI is InChI=1S/C17H22FN3O3/c1-12(22)20-8-9-21(15(11-20)17(24)19(2)3)16(23)10-13-4-6-14(18)7-5-13/h4-7,15H,8-11H2,1-3H3/t15-/m0/s1. The number of carbonyl (C=O) groups excluding carboxylic acids is 3. The highest BCUT2D eigenvalue weighted by Gasteiger charge is 2.36. The minimum Gasteiger partial charge on any atom is -0.347 e. The lowest BCUT2D eigenvalue weighted by molar-refractivity contribution is -0.150. The maximum Gasteiger partial charge on any atom is 0.246 e. The van der Waals surface area contributed by atoms with Crippen LogP contribution in [0.15, 0.2) is 24.3 Å². The molecule has 130 valence electrons. The van der Waals surface area contributed by atoms with E-state index in [1.165, 1.54) is 28.9 Å². The first-order valence-electron chi connectivity index (χ1n) is 7.80. The molecule has 1 fully saturated rings. The highest BCUT2D eigenvalue weighted by molar-refractivity contribution is 5.89. The van der Waals surface area contributed by atoms with Crippen LogP contribution in [-0.2, 0) is 20.8 Å². The molecular weight excluding hydrogens is 313 g/mol. The third-order valence-corrected chi connectivity index (χ3v) is 4.14. The third kappa shape index (κ3) is 4.10. The zero-order valence-electron chi connectivity index (χ0n) is 14.2. The van der Waals surface area contributed by atoms with Gasteiger partial charge in [-0.25, -0.2) is 4.39 Å².